The number of hydrogen-bond acceptors (Lipinski definition) is 5. The first-order valence-electron chi connectivity index (χ1n) is 7.09. The van der Waals surface area contributed by atoms with Crippen LogP contribution >= 0.6 is 0 Å². The fourth-order valence-electron chi connectivity index (χ4n) is 2.38. The standard InChI is InChI=1S/C14H18N6O/c1-10-17-12(19-18-10)9-16-14(21)11-4-5-13(15-8-11)20-6-2-3-7-20/h4-5,8H,2-3,6-7,9H2,1H3,(H,16,21)(H,17,18,19). The number of rotatable bonds is 4. The van der Waals surface area contributed by atoms with Gasteiger partial charge in [-0.1, -0.05) is 0 Å². The average Bonchev–Trinajstić information content (AvgIpc) is 3.16. The number of pyridine rings is 1. The lowest BCUT2D eigenvalue weighted by molar-refractivity contribution is 0.0949. The molecule has 1 amide bonds. The minimum absolute atomic E-state index is 0.169. The molecule has 0 radical (unpaired) electrons. The highest BCUT2D eigenvalue weighted by molar-refractivity contribution is 5.93. The van der Waals surface area contributed by atoms with Gasteiger partial charge in [0.15, 0.2) is 5.82 Å². The van der Waals surface area contributed by atoms with Gasteiger partial charge < -0.3 is 10.2 Å². The second-order valence-electron chi connectivity index (χ2n) is 5.12. The number of aromatic nitrogens is 4. The molecule has 1 fully saturated rings. The predicted molar refractivity (Wildman–Crippen MR) is 78.0 cm³/mol. The second-order valence-corrected chi connectivity index (χ2v) is 5.12. The monoisotopic (exact) mass is 286 g/mol. The number of aromatic amines is 1. The van der Waals surface area contributed by atoms with Crippen molar-refractivity contribution in [2.75, 3.05) is 18.0 Å². The Balaban J connectivity index is 1.59. The lowest BCUT2D eigenvalue weighted by Crippen LogP contribution is -2.24. The molecule has 2 aromatic rings. The molecule has 0 atom stereocenters. The number of H-pyrrole nitrogens is 1. The fourth-order valence-corrected chi connectivity index (χ4v) is 2.38. The number of amides is 1. The highest BCUT2D eigenvalue weighted by Gasteiger charge is 2.14. The number of hydrogen-bond donors (Lipinski definition) is 2. The first kappa shape index (κ1) is 13.5. The van der Waals surface area contributed by atoms with Gasteiger partial charge in [-0.3, -0.25) is 9.89 Å². The van der Waals surface area contributed by atoms with Gasteiger partial charge >= 0.3 is 0 Å². The smallest absolute Gasteiger partial charge is 0.253 e. The Morgan fingerprint density at radius 2 is 2.19 bits per heavy atom. The molecule has 0 saturated carbocycles. The van der Waals surface area contributed by atoms with Crippen molar-refractivity contribution in [2.24, 2.45) is 0 Å². The Bertz CT molecular complexity index is 615. The van der Waals surface area contributed by atoms with Gasteiger partial charge in [-0.15, -0.1) is 0 Å². The van der Waals surface area contributed by atoms with Crippen LogP contribution in [0.3, 0.4) is 0 Å². The van der Waals surface area contributed by atoms with Gasteiger partial charge in [0.05, 0.1) is 12.1 Å². The van der Waals surface area contributed by atoms with Crippen LogP contribution in [0.2, 0.25) is 0 Å². The molecule has 0 spiro atoms. The molecule has 3 heterocycles. The summed E-state index contributed by atoms with van der Waals surface area (Å²) in [7, 11) is 0. The highest BCUT2D eigenvalue weighted by Crippen LogP contribution is 2.17. The van der Waals surface area contributed by atoms with E-state index >= 15 is 0 Å². The summed E-state index contributed by atoms with van der Waals surface area (Å²) >= 11 is 0. The van der Waals surface area contributed by atoms with Crippen LogP contribution in [0, 0.1) is 6.92 Å². The van der Waals surface area contributed by atoms with E-state index in [0.29, 0.717) is 17.9 Å². The van der Waals surface area contributed by atoms with Crippen molar-refractivity contribution in [3.8, 4) is 0 Å². The first-order chi connectivity index (χ1) is 10.2. The normalized spacial score (nSPS) is 14.4. The molecule has 3 rings (SSSR count). The minimum atomic E-state index is -0.169. The third-order valence-electron chi connectivity index (χ3n) is 3.49. The van der Waals surface area contributed by atoms with E-state index in [9.17, 15) is 4.79 Å². The summed E-state index contributed by atoms with van der Waals surface area (Å²) in [5.41, 5.74) is 0.546. The lowest BCUT2D eigenvalue weighted by atomic mass is 10.2. The van der Waals surface area contributed by atoms with Crippen LogP contribution < -0.4 is 10.2 Å². The average molecular weight is 286 g/mol. The van der Waals surface area contributed by atoms with Gasteiger partial charge in [0.1, 0.15) is 11.6 Å². The Labute approximate surface area is 122 Å². The van der Waals surface area contributed by atoms with Crippen molar-refractivity contribution < 1.29 is 4.79 Å². The first-order valence-corrected chi connectivity index (χ1v) is 7.09. The molecule has 0 bridgehead atoms. The van der Waals surface area contributed by atoms with E-state index in [1.54, 1.807) is 12.3 Å². The summed E-state index contributed by atoms with van der Waals surface area (Å²) < 4.78 is 0. The molecule has 110 valence electrons. The van der Waals surface area contributed by atoms with Gasteiger partial charge in [-0.2, -0.15) is 5.10 Å². The Morgan fingerprint density at radius 3 is 2.81 bits per heavy atom. The fraction of sp³-hybridized carbons (Fsp3) is 0.429. The van der Waals surface area contributed by atoms with Gasteiger partial charge in [0.25, 0.3) is 5.91 Å². The number of carbonyl (C=O) groups excluding carboxylic acids is 1. The Kier molecular flexibility index (Phi) is 3.81. The van der Waals surface area contributed by atoms with Crippen molar-refractivity contribution in [1.29, 1.82) is 0 Å². The highest BCUT2D eigenvalue weighted by atomic mass is 16.1. The van der Waals surface area contributed by atoms with Crippen LogP contribution in [-0.2, 0) is 6.54 Å². The molecular formula is C14H18N6O. The lowest BCUT2D eigenvalue weighted by Gasteiger charge is -2.16. The number of nitrogens with one attached hydrogen (secondary N) is 2. The van der Waals surface area contributed by atoms with Crippen LogP contribution in [0.25, 0.3) is 0 Å². The van der Waals surface area contributed by atoms with Crippen molar-refractivity contribution >= 4 is 11.7 Å². The van der Waals surface area contributed by atoms with E-state index in [-0.39, 0.29) is 5.91 Å². The van der Waals surface area contributed by atoms with Crippen molar-refractivity contribution in [2.45, 2.75) is 26.3 Å². The maximum absolute atomic E-state index is 12.0. The van der Waals surface area contributed by atoms with Crippen molar-refractivity contribution in [3.63, 3.8) is 0 Å². The van der Waals surface area contributed by atoms with Crippen LogP contribution in [0.15, 0.2) is 18.3 Å². The van der Waals surface area contributed by atoms with E-state index in [0.717, 1.165) is 24.7 Å². The summed E-state index contributed by atoms with van der Waals surface area (Å²) in [5, 5.41) is 9.50. The quantitative estimate of drug-likeness (QED) is 0.877. The molecule has 1 saturated heterocycles. The summed E-state index contributed by atoms with van der Waals surface area (Å²) in [4.78, 5) is 22.8. The molecule has 7 nitrogen and oxygen atoms in total. The van der Waals surface area contributed by atoms with E-state index in [2.05, 4.69) is 30.4 Å². The van der Waals surface area contributed by atoms with E-state index in [1.165, 1.54) is 12.8 Å². The summed E-state index contributed by atoms with van der Waals surface area (Å²) in [5.74, 6) is 2.07. The van der Waals surface area contributed by atoms with Gasteiger partial charge in [-0.25, -0.2) is 9.97 Å². The SMILES string of the molecule is Cc1nc(CNC(=O)c2ccc(N3CCCC3)nc2)n[nH]1. The summed E-state index contributed by atoms with van der Waals surface area (Å²) in [6.07, 6.45) is 4.03. The molecule has 1 aliphatic rings. The maximum atomic E-state index is 12.0. The largest absolute Gasteiger partial charge is 0.357 e. The van der Waals surface area contributed by atoms with E-state index < -0.39 is 0 Å². The third-order valence-corrected chi connectivity index (χ3v) is 3.49. The van der Waals surface area contributed by atoms with Gasteiger partial charge in [0, 0.05) is 19.3 Å². The van der Waals surface area contributed by atoms with Crippen LogP contribution in [-0.4, -0.2) is 39.2 Å². The molecule has 2 aromatic heterocycles. The van der Waals surface area contributed by atoms with Crippen LogP contribution in [0.5, 0.6) is 0 Å². The number of aryl methyl sites for hydroxylation is 1. The Hall–Kier alpha value is -2.44. The van der Waals surface area contributed by atoms with Crippen LogP contribution in [0.4, 0.5) is 5.82 Å². The molecule has 1 aliphatic heterocycles. The zero-order chi connectivity index (χ0) is 14.7. The third kappa shape index (κ3) is 3.18. The maximum Gasteiger partial charge on any atom is 0.253 e. The van der Waals surface area contributed by atoms with Gasteiger partial charge in [0.2, 0.25) is 0 Å². The molecular weight excluding hydrogens is 268 g/mol. The van der Waals surface area contributed by atoms with E-state index in [4.69, 9.17) is 0 Å². The molecule has 0 aromatic carbocycles. The number of anilines is 1. The van der Waals surface area contributed by atoms with Crippen molar-refractivity contribution in [1.82, 2.24) is 25.5 Å². The molecule has 7 heteroatoms. The number of nitrogens with zero attached hydrogens (tertiary/aromatic N) is 4. The number of carbonyl (C=O) groups is 1. The topological polar surface area (TPSA) is 86.8 Å². The van der Waals surface area contributed by atoms with Gasteiger partial charge in [-0.05, 0) is 31.9 Å². The predicted octanol–water partition coefficient (Wildman–Crippen LogP) is 1.04. The second kappa shape index (κ2) is 5.90. The summed E-state index contributed by atoms with van der Waals surface area (Å²) in [6, 6.07) is 3.70. The van der Waals surface area contributed by atoms with E-state index in [1.807, 2.05) is 13.0 Å². The zero-order valence-electron chi connectivity index (χ0n) is 12.0. The molecule has 2 N–H and O–H groups in total. The van der Waals surface area contributed by atoms with Crippen molar-refractivity contribution in [3.05, 3.63) is 35.5 Å². The molecule has 0 unspecified atom stereocenters. The Morgan fingerprint density at radius 1 is 1.38 bits per heavy atom. The van der Waals surface area contributed by atoms with Crippen LogP contribution in [0.1, 0.15) is 34.8 Å². The minimum Gasteiger partial charge on any atom is -0.357 e. The molecule has 0 aliphatic carbocycles. The molecule has 21 heavy (non-hydrogen) atoms. The zero-order valence-corrected chi connectivity index (χ0v) is 12.0. The summed E-state index contributed by atoms with van der Waals surface area (Å²) in [6.45, 7) is 4.21.